The number of hydrogen-bond donors (Lipinski definition) is 1. The fourth-order valence-corrected chi connectivity index (χ4v) is 13.6. The Bertz CT molecular complexity index is 1240. The Kier molecular flexibility index (Phi) is 8.80. The first-order valence-electron chi connectivity index (χ1n) is 18.6. The van der Waals surface area contributed by atoms with Crippen molar-refractivity contribution in [1.29, 1.82) is 0 Å². The predicted octanol–water partition coefficient (Wildman–Crippen LogP) is 7.10. The van der Waals surface area contributed by atoms with Crippen molar-refractivity contribution in [3.63, 3.8) is 0 Å². The molecule has 0 aromatic heterocycles. The topological polar surface area (TPSA) is 93.1 Å². The third-order valence-electron chi connectivity index (χ3n) is 15.9. The Morgan fingerprint density at radius 3 is 2.17 bits per heavy atom. The SMILES string of the molecule is C=C(CO)[C@@H]1CC[C@]2(C(=O)N3CCCCC3)CC[C@]3(C)C(CCC4[C@@]5(C)CC[C@H](OC(C)=O)[C@@](C)(COC(C)=O)C5CC[C@]43C)C12. The van der Waals surface area contributed by atoms with Crippen molar-refractivity contribution in [2.24, 2.45) is 56.7 Å². The van der Waals surface area contributed by atoms with E-state index in [9.17, 15) is 19.5 Å². The van der Waals surface area contributed by atoms with Gasteiger partial charge in [-0.25, -0.2) is 0 Å². The van der Waals surface area contributed by atoms with Crippen LogP contribution in [0.25, 0.3) is 0 Å². The van der Waals surface area contributed by atoms with Gasteiger partial charge < -0.3 is 19.5 Å². The number of carbonyl (C=O) groups excluding carboxylic acids is 3. The molecule has 258 valence electrons. The van der Waals surface area contributed by atoms with Crippen molar-refractivity contribution >= 4 is 17.8 Å². The molecule has 0 aromatic rings. The molecule has 6 aliphatic rings. The van der Waals surface area contributed by atoms with Gasteiger partial charge in [-0.15, -0.1) is 0 Å². The Morgan fingerprint density at radius 2 is 1.52 bits per heavy atom. The van der Waals surface area contributed by atoms with Gasteiger partial charge in [-0.1, -0.05) is 34.3 Å². The smallest absolute Gasteiger partial charge is 0.302 e. The zero-order valence-electron chi connectivity index (χ0n) is 29.6. The van der Waals surface area contributed by atoms with E-state index in [-0.39, 0.29) is 70.7 Å². The lowest BCUT2D eigenvalue weighted by Crippen LogP contribution is -2.68. The van der Waals surface area contributed by atoms with Crippen LogP contribution in [0.2, 0.25) is 0 Å². The highest BCUT2D eigenvalue weighted by Gasteiger charge is 2.72. The molecule has 1 aliphatic heterocycles. The highest BCUT2D eigenvalue weighted by atomic mass is 16.6. The number of carbonyl (C=O) groups is 3. The van der Waals surface area contributed by atoms with E-state index in [4.69, 9.17) is 9.47 Å². The minimum atomic E-state index is -0.443. The normalized spacial score (nSPS) is 46.6. The van der Waals surface area contributed by atoms with Gasteiger partial charge in [0.2, 0.25) is 5.91 Å². The van der Waals surface area contributed by atoms with Crippen molar-refractivity contribution in [3.05, 3.63) is 12.2 Å². The zero-order valence-corrected chi connectivity index (χ0v) is 29.6. The van der Waals surface area contributed by atoms with Crippen LogP contribution in [0.1, 0.15) is 125 Å². The number of esters is 2. The molecular weight excluding hydrogens is 578 g/mol. The highest BCUT2D eigenvalue weighted by molar-refractivity contribution is 5.84. The van der Waals surface area contributed by atoms with Crippen LogP contribution in [0.15, 0.2) is 12.2 Å². The summed E-state index contributed by atoms with van der Waals surface area (Å²) >= 11 is 0. The summed E-state index contributed by atoms with van der Waals surface area (Å²) in [6.07, 6.45) is 13.1. The fraction of sp³-hybridized carbons (Fsp3) is 0.872. The van der Waals surface area contributed by atoms with Gasteiger partial charge in [0.05, 0.1) is 12.0 Å². The third-order valence-corrected chi connectivity index (χ3v) is 15.9. The minimum Gasteiger partial charge on any atom is -0.465 e. The second-order valence-electron chi connectivity index (χ2n) is 17.6. The molecule has 1 N–H and O–H groups in total. The third kappa shape index (κ3) is 4.85. The first kappa shape index (κ1) is 34.0. The molecule has 5 aliphatic carbocycles. The number of likely N-dealkylation sites (tertiary alicyclic amines) is 1. The Labute approximate surface area is 277 Å². The van der Waals surface area contributed by atoms with Gasteiger partial charge in [-0.3, -0.25) is 14.4 Å². The van der Waals surface area contributed by atoms with E-state index in [0.29, 0.717) is 17.7 Å². The number of rotatable bonds is 6. The largest absolute Gasteiger partial charge is 0.465 e. The molecule has 1 heterocycles. The first-order valence-corrected chi connectivity index (χ1v) is 18.6. The van der Waals surface area contributed by atoms with Crippen molar-refractivity contribution in [2.75, 3.05) is 26.3 Å². The van der Waals surface area contributed by atoms with E-state index < -0.39 is 5.41 Å². The fourth-order valence-electron chi connectivity index (χ4n) is 13.6. The van der Waals surface area contributed by atoms with Gasteiger partial charge >= 0.3 is 11.9 Å². The molecule has 1 saturated heterocycles. The quantitative estimate of drug-likeness (QED) is 0.246. The molecule has 0 bridgehead atoms. The van der Waals surface area contributed by atoms with Gasteiger partial charge in [0.25, 0.3) is 0 Å². The van der Waals surface area contributed by atoms with Gasteiger partial charge in [0.1, 0.15) is 12.7 Å². The lowest BCUT2D eigenvalue weighted by Gasteiger charge is -2.73. The maximum absolute atomic E-state index is 14.6. The van der Waals surface area contributed by atoms with E-state index >= 15 is 0 Å². The van der Waals surface area contributed by atoms with E-state index in [0.717, 1.165) is 95.7 Å². The van der Waals surface area contributed by atoms with E-state index in [1.165, 1.54) is 20.3 Å². The molecule has 0 spiro atoms. The van der Waals surface area contributed by atoms with Gasteiger partial charge in [-0.05, 0) is 135 Å². The Morgan fingerprint density at radius 1 is 0.804 bits per heavy atom. The van der Waals surface area contributed by atoms with Crippen LogP contribution in [0, 0.1) is 56.7 Å². The summed E-state index contributed by atoms with van der Waals surface area (Å²) in [4.78, 5) is 41.1. The summed E-state index contributed by atoms with van der Waals surface area (Å²) in [6.45, 7) is 19.3. The number of piperidine rings is 1. The van der Waals surface area contributed by atoms with E-state index in [1.807, 2.05) is 0 Å². The summed E-state index contributed by atoms with van der Waals surface area (Å²) < 4.78 is 11.7. The second-order valence-corrected chi connectivity index (χ2v) is 17.6. The molecule has 7 heteroatoms. The average molecular weight is 640 g/mol. The minimum absolute atomic E-state index is 0.00263. The van der Waals surface area contributed by atoms with Crippen LogP contribution in [0.5, 0.6) is 0 Å². The van der Waals surface area contributed by atoms with Crippen LogP contribution in [0.4, 0.5) is 0 Å². The molecule has 1 amide bonds. The standard InChI is InChI=1S/C39H61NO6/c1-25(23-41)28-13-18-39(34(44)40-21-9-8-10-22-40)20-19-37(6)29(33(28)39)11-12-31-35(4)16-15-32(46-27(3)43)36(5,24-45-26(2)42)30(35)14-17-38(31,37)7/h28-33,41H,1,8-24H2,2-7H3/t28-,29?,30?,31?,32-,33?,35-,36-,37+,38+,39-/m0/s1. The van der Waals surface area contributed by atoms with Crippen molar-refractivity contribution in [1.82, 2.24) is 4.90 Å². The van der Waals surface area contributed by atoms with Gasteiger partial charge in [-0.2, -0.15) is 0 Å². The molecule has 6 rings (SSSR count). The molecule has 0 radical (unpaired) electrons. The first-order chi connectivity index (χ1) is 21.7. The Balaban J connectivity index is 1.36. The maximum atomic E-state index is 14.6. The summed E-state index contributed by atoms with van der Waals surface area (Å²) in [7, 11) is 0. The van der Waals surface area contributed by atoms with Crippen molar-refractivity contribution in [3.8, 4) is 0 Å². The van der Waals surface area contributed by atoms with Crippen LogP contribution in [-0.2, 0) is 23.9 Å². The second kappa shape index (κ2) is 11.9. The predicted molar refractivity (Wildman–Crippen MR) is 177 cm³/mol. The molecule has 0 aromatic carbocycles. The zero-order chi connectivity index (χ0) is 33.3. The summed E-state index contributed by atoms with van der Waals surface area (Å²) in [5, 5.41) is 10.4. The van der Waals surface area contributed by atoms with E-state index in [2.05, 4.69) is 39.2 Å². The average Bonchev–Trinajstić information content (AvgIpc) is 3.42. The number of hydrogen-bond acceptors (Lipinski definition) is 6. The number of amides is 1. The van der Waals surface area contributed by atoms with Crippen LogP contribution in [-0.4, -0.2) is 60.3 Å². The van der Waals surface area contributed by atoms with Gasteiger partial charge in [0, 0.05) is 32.4 Å². The van der Waals surface area contributed by atoms with Gasteiger partial charge in [0.15, 0.2) is 0 Å². The number of aliphatic hydroxyl groups is 1. The maximum Gasteiger partial charge on any atom is 0.302 e. The number of aliphatic hydroxyl groups excluding tert-OH is 1. The monoisotopic (exact) mass is 639 g/mol. The molecule has 4 unspecified atom stereocenters. The molecule has 5 saturated carbocycles. The number of fused-ring (bicyclic) bond motifs is 7. The lowest BCUT2D eigenvalue weighted by atomic mass is 9.32. The van der Waals surface area contributed by atoms with E-state index in [1.54, 1.807) is 0 Å². The number of nitrogens with zero attached hydrogens (tertiary/aromatic N) is 1. The van der Waals surface area contributed by atoms with Crippen molar-refractivity contribution in [2.45, 2.75) is 131 Å². The summed E-state index contributed by atoms with van der Waals surface area (Å²) in [5.74, 6) is 1.45. The van der Waals surface area contributed by atoms with Crippen molar-refractivity contribution < 1.29 is 29.0 Å². The molecule has 46 heavy (non-hydrogen) atoms. The lowest BCUT2D eigenvalue weighted by molar-refractivity contribution is -0.257. The summed E-state index contributed by atoms with van der Waals surface area (Å²) in [6, 6.07) is 0. The van der Waals surface area contributed by atoms with Crippen LogP contribution in [0.3, 0.4) is 0 Å². The molecule has 11 atom stereocenters. The summed E-state index contributed by atoms with van der Waals surface area (Å²) in [5.41, 5.74) is 0.328. The molecular formula is C39H61NO6. The number of ether oxygens (including phenoxy) is 2. The Hall–Kier alpha value is -1.89. The molecule has 7 nitrogen and oxygen atoms in total. The van der Waals surface area contributed by atoms with Crippen LogP contribution < -0.4 is 0 Å². The van der Waals surface area contributed by atoms with Crippen LogP contribution >= 0.6 is 0 Å². The highest BCUT2D eigenvalue weighted by Crippen LogP contribution is 2.77. The molecule has 6 fully saturated rings.